The van der Waals surface area contributed by atoms with E-state index in [0.29, 0.717) is 25.5 Å². The van der Waals surface area contributed by atoms with E-state index < -0.39 is 0 Å². The number of halogens is 1. The number of rotatable bonds is 4. The van der Waals surface area contributed by atoms with Gasteiger partial charge in [0, 0.05) is 27.2 Å². The summed E-state index contributed by atoms with van der Waals surface area (Å²) in [5.74, 6) is -0.144. The molecule has 0 saturated carbocycles. The van der Waals surface area contributed by atoms with E-state index in [2.05, 4.69) is 15.0 Å². The first kappa shape index (κ1) is 16.5. The Morgan fingerprint density at radius 3 is 2.83 bits per heavy atom. The average molecular weight is 334 g/mol. The van der Waals surface area contributed by atoms with Crippen molar-refractivity contribution in [3.05, 3.63) is 47.4 Å². The van der Waals surface area contributed by atoms with E-state index in [1.54, 1.807) is 26.2 Å². The lowest BCUT2D eigenvalue weighted by molar-refractivity contribution is -0.0338. The second kappa shape index (κ2) is 7.06. The minimum Gasteiger partial charge on any atom is -0.371 e. The Morgan fingerprint density at radius 2 is 2.12 bits per heavy atom. The molecule has 0 bridgehead atoms. The number of hydrogen-bond acceptors (Lipinski definition) is 6. The highest BCUT2D eigenvalue weighted by atomic mass is 19.1. The van der Waals surface area contributed by atoms with Crippen LogP contribution in [0.25, 0.3) is 0 Å². The highest BCUT2D eigenvalue weighted by Gasteiger charge is 2.24. The van der Waals surface area contributed by atoms with E-state index in [9.17, 15) is 9.18 Å². The van der Waals surface area contributed by atoms with Crippen molar-refractivity contribution in [3.63, 3.8) is 0 Å². The highest BCUT2D eigenvalue weighted by Crippen LogP contribution is 2.23. The van der Waals surface area contributed by atoms with Gasteiger partial charge in [0.1, 0.15) is 5.82 Å². The van der Waals surface area contributed by atoms with Crippen LogP contribution < -0.4 is 0 Å². The predicted octanol–water partition coefficient (Wildman–Crippen LogP) is 1.48. The number of carbonyl (C=O) groups is 1. The summed E-state index contributed by atoms with van der Waals surface area (Å²) in [5, 5.41) is 3.86. The van der Waals surface area contributed by atoms with Crippen molar-refractivity contribution in [1.29, 1.82) is 0 Å². The summed E-state index contributed by atoms with van der Waals surface area (Å²) in [6, 6.07) is 6.31. The first-order valence-electron chi connectivity index (χ1n) is 7.66. The molecule has 1 fully saturated rings. The second-order valence-corrected chi connectivity index (χ2v) is 5.86. The lowest BCUT2D eigenvalue weighted by Crippen LogP contribution is -2.38. The number of benzene rings is 1. The smallest absolute Gasteiger partial charge is 0.316 e. The Kier molecular flexibility index (Phi) is 4.86. The Hall–Kier alpha value is -2.32. The molecule has 8 heteroatoms. The molecule has 1 aliphatic rings. The average Bonchev–Trinajstić information content (AvgIpc) is 3.03. The first-order valence-corrected chi connectivity index (χ1v) is 7.66. The molecule has 7 nitrogen and oxygen atoms in total. The second-order valence-electron chi connectivity index (χ2n) is 5.86. The maximum absolute atomic E-state index is 13.0. The van der Waals surface area contributed by atoms with Crippen LogP contribution in [0.5, 0.6) is 0 Å². The zero-order chi connectivity index (χ0) is 17.1. The van der Waals surface area contributed by atoms with Crippen molar-refractivity contribution in [2.24, 2.45) is 0 Å². The van der Waals surface area contributed by atoms with E-state index in [-0.39, 0.29) is 23.7 Å². The third-order valence-electron chi connectivity index (χ3n) is 3.81. The maximum atomic E-state index is 13.0. The molecule has 2 heterocycles. The van der Waals surface area contributed by atoms with E-state index in [4.69, 9.17) is 9.26 Å². The Labute approximate surface area is 139 Å². The van der Waals surface area contributed by atoms with E-state index in [0.717, 1.165) is 12.1 Å². The molecule has 0 spiro atoms. The molecule has 1 amide bonds. The third kappa shape index (κ3) is 3.77. The van der Waals surface area contributed by atoms with Crippen LogP contribution >= 0.6 is 0 Å². The van der Waals surface area contributed by atoms with Gasteiger partial charge in [-0.3, -0.25) is 9.69 Å². The largest absolute Gasteiger partial charge is 0.371 e. The Balaban J connectivity index is 1.63. The summed E-state index contributed by atoms with van der Waals surface area (Å²) in [4.78, 5) is 19.4. The van der Waals surface area contributed by atoms with Crippen LogP contribution in [-0.4, -0.2) is 59.6 Å². The highest BCUT2D eigenvalue weighted by molar-refractivity contribution is 5.89. The lowest BCUT2D eigenvalue weighted by Gasteiger charge is -2.32. The van der Waals surface area contributed by atoms with Gasteiger partial charge in [-0.1, -0.05) is 17.3 Å². The van der Waals surface area contributed by atoms with E-state index >= 15 is 0 Å². The number of morpholine rings is 1. The van der Waals surface area contributed by atoms with Crippen molar-refractivity contribution in [3.8, 4) is 0 Å². The first-order chi connectivity index (χ1) is 11.5. The molecule has 2 aromatic rings. The number of ether oxygens (including phenoxy) is 1. The van der Waals surface area contributed by atoms with Crippen LogP contribution in [0.4, 0.5) is 4.39 Å². The molecule has 1 aromatic carbocycles. The normalized spacial score (nSPS) is 18.5. The van der Waals surface area contributed by atoms with Crippen LogP contribution in [0.3, 0.4) is 0 Å². The molecular weight excluding hydrogens is 315 g/mol. The van der Waals surface area contributed by atoms with Crippen LogP contribution in [-0.2, 0) is 11.3 Å². The molecule has 3 rings (SSSR count). The van der Waals surface area contributed by atoms with Crippen LogP contribution in [0.1, 0.15) is 28.2 Å². The molecule has 0 N–H and O–H groups in total. The van der Waals surface area contributed by atoms with Crippen molar-refractivity contribution in [2.75, 3.05) is 33.8 Å². The van der Waals surface area contributed by atoms with E-state index in [1.807, 2.05) is 0 Å². The van der Waals surface area contributed by atoms with Gasteiger partial charge < -0.3 is 14.2 Å². The quantitative estimate of drug-likeness (QED) is 0.843. The number of nitrogens with zero attached hydrogens (tertiary/aromatic N) is 4. The minimum atomic E-state index is -0.320. The SMILES string of the molecule is CN(C)C(=O)c1nc(CN2CCOC(c3ccc(F)cc3)C2)no1. The fourth-order valence-corrected chi connectivity index (χ4v) is 2.52. The number of aromatic nitrogens is 2. The summed E-state index contributed by atoms with van der Waals surface area (Å²) < 4.78 is 23.8. The van der Waals surface area contributed by atoms with Gasteiger partial charge in [0.2, 0.25) is 0 Å². The molecule has 1 unspecified atom stereocenters. The lowest BCUT2D eigenvalue weighted by atomic mass is 10.1. The van der Waals surface area contributed by atoms with Crippen molar-refractivity contribution in [2.45, 2.75) is 12.6 Å². The molecule has 24 heavy (non-hydrogen) atoms. The minimum absolute atomic E-state index is 0.0154. The topological polar surface area (TPSA) is 71.7 Å². The van der Waals surface area contributed by atoms with Gasteiger partial charge in [-0.25, -0.2) is 4.39 Å². The van der Waals surface area contributed by atoms with Crippen molar-refractivity contribution in [1.82, 2.24) is 19.9 Å². The Bertz CT molecular complexity index is 702. The van der Waals surface area contributed by atoms with Crippen molar-refractivity contribution >= 4 is 5.91 Å². The van der Waals surface area contributed by atoms with Crippen LogP contribution in [0.15, 0.2) is 28.8 Å². The van der Waals surface area contributed by atoms with E-state index in [1.165, 1.54) is 17.0 Å². The fraction of sp³-hybridized carbons (Fsp3) is 0.438. The van der Waals surface area contributed by atoms with Gasteiger partial charge in [-0.2, -0.15) is 4.98 Å². The number of amides is 1. The van der Waals surface area contributed by atoms with Crippen molar-refractivity contribution < 1.29 is 18.4 Å². The molecule has 1 aliphatic heterocycles. The summed E-state index contributed by atoms with van der Waals surface area (Å²) in [6.45, 7) is 2.38. The standard InChI is InChI=1S/C16H19FN4O3/c1-20(2)16(22)15-18-14(19-24-15)10-21-7-8-23-13(9-21)11-3-5-12(17)6-4-11/h3-6,13H,7-10H2,1-2H3. The molecule has 128 valence electrons. The summed E-state index contributed by atoms with van der Waals surface area (Å²) in [5.41, 5.74) is 0.928. The van der Waals surface area contributed by atoms with Gasteiger partial charge in [0.15, 0.2) is 5.82 Å². The van der Waals surface area contributed by atoms with Gasteiger partial charge in [0.05, 0.1) is 19.3 Å². The summed E-state index contributed by atoms with van der Waals surface area (Å²) >= 11 is 0. The zero-order valence-electron chi connectivity index (χ0n) is 13.6. The molecule has 0 aliphatic carbocycles. The van der Waals surface area contributed by atoms with Crippen LogP contribution in [0.2, 0.25) is 0 Å². The number of hydrogen-bond donors (Lipinski definition) is 0. The molecule has 1 atom stereocenters. The van der Waals surface area contributed by atoms with Crippen LogP contribution in [0, 0.1) is 5.82 Å². The third-order valence-corrected chi connectivity index (χ3v) is 3.81. The molecule has 0 radical (unpaired) electrons. The fourth-order valence-electron chi connectivity index (χ4n) is 2.52. The monoisotopic (exact) mass is 334 g/mol. The Morgan fingerprint density at radius 1 is 1.38 bits per heavy atom. The maximum Gasteiger partial charge on any atom is 0.316 e. The molecular formula is C16H19FN4O3. The predicted molar refractivity (Wildman–Crippen MR) is 82.7 cm³/mol. The van der Waals surface area contributed by atoms with Gasteiger partial charge >= 0.3 is 11.8 Å². The summed E-state index contributed by atoms with van der Waals surface area (Å²) in [7, 11) is 3.25. The van der Waals surface area contributed by atoms with Gasteiger partial charge in [-0.05, 0) is 17.7 Å². The molecule has 1 saturated heterocycles. The number of carbonyl (C=O) groups excluding carboxylic acids is 1. The zero-order valence-corrected chi connectivity index (χ0v) is 13.6. The summed E-state index contributed by atoms with van der Waals surface area (Å²) in [6.07, 6.45) is -0.130. The molecule has 1 aromatic heterocycles. The van der Waals surface area contributed by atoms with Gasteiger partial charge in [-0.15, -0.1) is 0 Å². The van der Waals surface area contributed by atoms with Gasteiger partial charge in [0.25, 0.3) is 0 Å².